The lowest BCUT2D eigenvalue weighted by Gasteiger charge is -2.20. The molecule has 0 aliphatic carbocycles. The molecule has 0 aliphatic heterocycles. The van der Waals surface area contributed by atoms with Gasteiger partial charge in [-0.15, -0.1) is 0 Å². The molecule has 17 heavy (non-hydrogen) atoms. The summed E-state index contributed by atoms with van der Waals surface area (Å²) in [6.45, 7) is 9.11. The van der Waals surface area contributed by atoms with Crippen molar-refractivity contribution in [2.75, 3.05) is 6.54 Å². The minimum absolute atomic E-state index is 0.0450. The molecule has 0 aliphatic rings. The molecule has 0 radical (unpaired) electrons. The molecule has 1 aromatic rings. The van der Waals surface area contributed by atoms with Gasteiger partial charge in [-0.25, -0.2) is 4.39 Å². The van der Waals surface area contributed by atoms with Gasteiger partial charge in [0.05, 0.1) is 0 Å². The van der Waals surface area contributed by atoms with E-state index in [-0.39, 0.29) is 11.9 Å². The van der Waals surface area contributed by atoms with E-state index >= 15 is 0 Å². The van der Waals surface area contributed by atoms with Crippen molar-refractivity contribution in [3.05, 3.63) is 47.8 Å². The molecule has 1 aromatic carbocycles. The lowest BCUT2D eigenvalue weighted by atomic mass is 9.98. The van der Waals surface area contributed by atoms with Crippen LogP contribution in [0.5, 0.6) is 0 Å². The molecule has 0 heterocycles. The number of rotatable bonds is 7. The first-order valence-electron chi connectivity index (χ1n) is 6.33. The van der Waals surface area contributed by atoms with Crippen LogP contribution in [-0.4, -0.2) is 6.54 Å². The fourth-order valence-corrected chi connectivity index (χ4v) is 1.80. The molecule has 0 aromatic heterocycles. The fraction of sp³-hybridized carbons (Fsp3) is 0.467. The second-order valence-corrected chi connectivity index (χ2v) is 4.34. The molecule has 0 saturated carbocycles. The summed E-state index contributed by atoms with van der Waals surface area (Å²) in [6, 6.07) is 7.03. The molecule has 1 nitrogen and oxygen atoms in total. The molecule has 0 amide bonds. The van der Waals surface area contributed by atoms with Crippen LogP contribution in [0, 0.1) is 5.82 Å². The number of hydrogen-bond acceptors (Lipinski definition) is 1. The zero-order valence-corrected chi connectivity index (χ0v) is 10.8. The van der Waals surface area contributed by atoms with Crippen LogP contribution in [0.1, 0.15) is 44.7 Å². The van der Waals surface area contributed by atoms with Gasteiger partial charge >= 0.3 is 0 Å². The maximum absolute atomic E-state index is 13.8. The highest BCUT2D eigenvalue weighted by molar-refractivity contribution is 5.22. The normalized spacial score (nSPS) is 12.4. The first-order chi connectivity index (χ1) is 8.19. The van der Waals surface area contributed by atoms with Gasteiger partial charge in [0.1, 0.15) is 5.82 Å². The largest absolute Gasteiger partial charge is 0.310 e. The summed E-state index contributed by atoms with van der Waals surface area (Å²) in [4.78, 5) is 0. The zero-order valence-electron chi connectivity index (χ0n) is 10.8. The van der Waals surface area contributed by atoms with E-state index in [9.17, 15) is 4.39 Å². The summed E-state index contributed by atoms with van der Waals surface area (Å²) >= 11 is 0. The molecular weight excluding hydrogens is 213 g/mol. The number of hydrogen-bond donors (Lipinski definition) is 1. The van der Waals surface area contributed by atoms with Crippen LogP contribution in [-0.2, 0) is 0 Å². The molecule has 1 N–H and O–H groups in total. The minimum Gasteiger partial charge on any atom is -0.310 e. The van der Waals surface area contributed by atoms with Crippen molar-refractivity contribution in [1.29, 1.82) is 0 Å². The van der Waals surface area contributed by atoms with Gasteiger partial charge in [-0.2, -0.15) is 0 Å². The van der Waals surface area contributed by atoms with Gasteiger partial charge in [0.15, 0.2) is 0 Å². The van der Waals surface area contributed by atoms with E-state index in [1.54, 1.807) is 6.07 Å². The topological polar surface area (TPSA) is 12.0 Å². The van der Waals surface area contributed by atoms with Gasteiger partial charge in [-0.3, -0.25) is 0 Å². The fourth-order valence-electron chi connectivity index (χ4n) is 1.80. The lowest BCUT2D eigenvalue weighted by molar-refractivity contribution is 0.493. The number of benzene rings is 1. The molecule has 94 valence electrons. The Morgan fingerprint density at radius 2 is 2.06 bits per heavy atom. The maximum atomic E-state index is 13.8. The molecule has 1 atom stereocenters. The Kier molecular flexibility index (Phi) is 5.92. The van der Waals surface area contributed by atoms with Gasteiger partial charge in [0, 0.05) is 11.6 Å². The second-order valence-electron chi connectivity index (χ2n) is 4.34. The molecular formula is C15H22FN. The van der Waals surface area contributed by atoms with E-state index in [1.807, 2.05) is 12.1 Å². The molecule has 0 spiro atoms. The van der Waals surface area contributed by atoms with Crippen LogP contribution in [0.3, 0.4) is 0 Å². The summed E-state index contributed by atoms with van der Waals surface area (Å²) < 4.78 is 13.8. The van der Waals surface area contributed by atoms with E-state index in [2.05, 4.69) is 25.7 Å². The summed E-state index contributed by atoms with van der Waals surface area (Å²) in [7, 11) is 0. The average Bonchev–Trinajstić information content (AvgIpc) is 2.35. The van der Waals surface area contributed by atoms with Crippen molar-refractivity contribution < 1.29 is 4.39 Å². The van der Waals surface area contributed by atoms with E-state index in [4.69, 9.17) is 0 Å². The highest BCUT2D eigenvalue weighted by Gasteiger charge is 2.14. The summed E-state index contributed by atoms with van der Waals surface area (Å²) in [6.07, 6.45) is 2.79. The summed E-state index contributed by atoms with van der Waals surface area (Å²) in [5, 5.41) is 3.39. The predicted octanol–water partition coefficient (Wildman–Crippen LogP) is 4.22. The standard InChI is InChI=1S/C15H22FN/c1-4-10-17-15(11-12(3)5-2)13-8-6-7-9-14(13)16/h6-9,15,17H,3-5,10-11H2,1-2H3. The summed E-state index contributed by atoms with van der Waals surface area (Å²) in [5.74, 6) is -0.134. The van der Waals surface area contributed by atoms with Gasteiger partial charge in [0.25, 0.3) is 0 Å². The molecule has 1 rings (SSSR count). The van der Waals surface area contributed by atoms with Crippen molar-refractivity contribution in [3.8, 4) is 0 Å². The third-order valence-corrected chi connectivity index (χ3v) is 2.91. The monoisotopic (exact) mass is 235 g/mol. The first-order valence-corrected chi connectivity index (χ1v) is 6.33. The van der Waals surface area contributed by atoms with Crippen molar-refractivity contribution in [3.63, 3.8) is 0 Å². The quantitative estimate of drug-likeness (QED) is 0.698. The smallest absolute Gasteiger partial charge is 0.127 e. The van der Waals surface area contributed by atoms with Crippen LogP contribution in [0.25, 0.3) is 0 Å². The van der Waals surface area contributed by atoms with E-state index in [0.29, 0.717) is 0 Å². The Bertz CT molecular complexity index is 360. The summed E-state index contributed by atoms with van der Waals surface area (Å²) in [5.41, 5.74) is 1.90. The van der Waals surface area contributed by atoms with Gasteiger partial charge in [-0.05, 0) is 31.9 Å². The molecule has 1 unspecified atom stereocenters. The highest BCUT2D eigenvalue weighted by atomic mass is 19.1. The second kappa shape index (κ2) is 7.23. The third-order valence-electron chi connectivity index (χ3n) is 2.91. The lowest BCUT2D eigenvalue weighted by Crippen LogP contribution is -2.23. The SMILES string of the molecule is C=C(CC)CC(NCCC)c1ccccc1F. The molecule has 2 heteroatoms. The van der Waals surface area contributed by atoms with Gasteiger partial charge < -0.3 is 5.32 Å². The van der Waals surface area contributed by atoms with Gasteiger partial charge in [0.2, 0.25) is 0 Å². The molecule has 0 bridgehead atoms. The predicted molar refractivity (Wildman–Crippen MR) is 71.5 cm³/mol. The van der Waals surface area contributed by atoms with Crippen LogP contribution >= 0.6 is 0 Å². The maximum Gasteiger partial charge on any atom is 0.127 e. The van der Waals surface area contributed by atoms with Crippen LogP contribution in [0.2, 0.25) is 0 Å². The zero-order chi connectivity index (χ0) is 12.7. The van der Waals surface area contributed by atoms with Gasteiger partial charge in [-0.1, -0.05) is 44.2 Å². The van der Waals surface area contributed by atoms with Crippen molar-refractivity contribution in [2.45, 2.75) is 39.2 Å². The number of halogens is 1. The first kappa shape index (κ1) is 13.9. The Morgan fingerprint density at radius 1 is 1.35 bits per heavy atom. The van der Waals surface area contributed by atoms with Crippen LogP contribution < -0.4 is 5.32 Å². The molecule has 0 fully saturated rings. The third kappa shape index (κ3) is 4.31. The van der Waals surface area contributed by atoms with Crippen molar-refractivity contribution >= 4 is 0 Å². The Hall–Kier alpha value is -1.15. The Balaban J connectivity index is 2.81. The Labute approximate surface area is 104 Å². The Morgan fingerprint density at radius 3 is 2.65 bits per heavy atom. The highest BCUT2D eigenvalue weighted by Crippen LogP contribution is 2.24. The number of nitrogens with one attached hydrogen (secondary N) is 1. The van der Waals surface area contributed by atoms with E-state index in [0.717, 1.165) is 36.9 Å². The van der Waals surface area contributed by atoms with Crippen molar-refractivity contribution in [2.24, 2.45) is 0 Å². The molecule has 0 saturated heterocycles. The average molecular weight is 235 g/mol. The van der Waals surface area contributed by atoms with E-state index < -0.39 is 0 Å². The minimum atomic E-state index is -0.134. The van der Waals surface area contributed by atoms with Crippen LogP contribution in [0.15, 0.2) is 36.4 Å². The van der Waals surface area contributed by atoms with Crippen molar-refractivity contribution in [1.82, 2.24) is 5.32 Å². The van der Waals surface area contributed by atoms with E-state index in [1.165, 1.54) is 6.07 Å². The van der Waals surface area contributed by atoms with Crippen LogP contribution in [0.4, 0.5) is 4.39 Å².